The van der Waals surface area contributed by atoms with Gasteiger partial charge in [0.1, 0.15) is 17.3 Å². The van der Waals surface area contributed by atoms with Gasteiger partial charge in [-0.2, -0.15) is 0 Å². The van der Waals surface area contributed by atoms with Crippen molar-refractivity contribution in [1.29, 1.82) is 0 Å². The largest absolute Gasteiger partial charge is 0.573 e. The molecule has 0 radical (unpaired) electrons. The second-order valence-electron chi connectivity index (χ2n) is 6.22. The average molecular weight is 401 g/mol. The van der Waals surface area contributed by atoms with Crippen molar-refractivity contribution in [2.45, 2.75) is 12.9 Å². The highest BCUT2D eigenvalue weighted by Crippen LogP contribution is 2.32. The van der Waals surface area contributed by atoms with E-state index in [9.17, 15) is 18.0 Å². The third-order valence-electron chi connectivity index (χ3n) is 4.25. The molecule has 9 heteroatoms. The number of benzene rings is 2. The summed E-state index contributed by atoms with van der Waals surface area (Å²) >= 11 is 0. The van der Waals surface area contributed by atoms with Gasteiger partial charge >= 0.3 is 6.36 Å². The molecule has 0 saturated heterocycles. The van der Waals surface area contributed by atoms with Gasteiger partial charge in [-0.15, -0.1) is 13.2 Å². The molecule has 2 heterocycles. The van der Waals surface area contributed by atoms with Crippen LogP contribution in [0.2, 0.25) is 0 Å². The van der Waals surface area contributed by atoms with Crippen LogP contribution in [-0.4, -0.2) is 33.9 Å². The quantitative estimate of drug-likeness (QED) is 0.660. The zero-order valence-electron chi connectivity index (χ0n) is 14.9. The molecule has 1 aromatic heterocycles. The second-order valence-corrected chi connectivity index (χ2v) is 6.22. The summed E-state index contributed by atoms with van der Waals surface area (Å²) in [5.74, 6) is 0.385. The molecule has 2 aromatic carbocycles. The number of nitrogens with zero attached hydrogens (tertiary/aromatic N) is 3. The van der Waals surface area contributed by atoms with Crippen molar-refractivity contribution in [3.05, 3.63) is 72.3 Å². The van der Waals surface area contributed by atoms with Gasteiger partial charge in [0, 0.05) is 12.4 Å². The third-order valence-corrected chi connectivity index (χ3v) is 4.25. The van der Waals surface area contributed by atoms with Crippen LogP contribution in [-0.2, 0) is 6.54 Å². The molecule has 0 aliphatic carbocycles. The van der Waals surface area contributed by atoms with Gasteiger partial charge < -0.3 is 9.47 Å². The van der Waals surface area contributed by atoms with Crippen LogP contribution >= 0.6 is 0 Å². The topological polar surface area (TPSA) is 64.6 Å². The molecule has 148 valence electrons. The molecule has 1 amide bonds. The molecule has 0 unspecified atom stereocenters. The van der Waals surface area contributed by atoms with E-state index in [1.165, 1.54) is 29.2 Å². The van der Waals surface area contributed by atoms with Crippen LogP contribution in [0, 0.1) is 0 Å². The first kappa shape index (κ1) is 18.7. The Hall–Kier alpha value is -3.62. The maximum Gasteiger partial charge on any atom is 0.573 e. The lowest BCUT2D eigenvalue weighted by Gasteiger charge is -2.28. The van der Waals surface area contributed by atoms with Gasteiger partial charge in [-0.25, -0.2) is 9.97 Å². The van der Waals surface area contributed by atoms with E-state index >= 15 is 0 Å². The minimum Gasteiger partial charge on any atom is -0.472 e. The maximum atomic E-state index is 12.9. The first-order chi connectivity index (χ1) is 13.9. The fourth-order valence-corrected chi connectivity index (χ4v) is 2.93. The van der Waals surface area contributed by atoms with Crippen molar-refractivity contribution in [2.75, 3.05) is 6.73 Å². The molecule has 3 aromatic rings. The molecule has 4 rings (SSSR count). The SMILES string of the molecule is O=C1c2cc(-c3ccc(OC(F)(F)F)cc3)ccc2OCN1Cc1ncccn1. The van der Waals surface area contributed by atoms with Gasteiger partial charge in [0.2, 0.25) is 0 Å². The second kappa shape index (κ2) is 7.42. The van der Waals surface area contributed by atoms with Gasteiger partial charge in [-0.3, -0.25) is 9.69 Å². The van der Waals surface area contributed by atoms with Crippen LogP contribution in [0.1, 0.15) is 16.2 Å². The lowest BCUT2D eigenvalue weighted by molar-refractivity contribution is -0.274. The Morgan fingerprint density at radius 2 is 1.72 bits per heavy atom. The van der Waals surface area contributed by atoms with Crippen molar-refractivity contribution in [3.63, 3.8) is 0 Å². The molecule has 0 bridgehead atoms. The highest BCUT2D eigenvalue weighted by molar-refractivity contribution is 5.99. The van der Waals surface area contributed by atoms with E-state index < -0.39 is 6.36 Å². The number of fused-ring (bicyclic) bond motifs is 1. The van der Waals surface area contributed by atoms with Crippen LogP contribution in [0.15, 0.2) is 60.9 Å². The molecule has 29 heavy (non-hydrogen) atoms. The normalized spacial score (nSPS) is 13.6. The standard InChI is InChI=1S/C20H14F3N3O3/c21-20(22,23)29-15-5-2-13(3-6-15)14-4-7-17-16(10-14)19(27)26(12-28-17)11-18-24-8-1-9-25-18/h1-10H,11-12H2. The number of halogens is 3. The van der Waals surface area contributed by atoms with E-state index in [0.717, 1.165) is 0 Å². The lowest BCUT2D eigenvalue weighted by Crippen LogP contribution is -2.38. The summed E-state index contributed by atoms with van der Waals surface area (Å²) in [6.07, 6.45) is -1.56. The molecular formula is C20H14F3N3O3. The van der Waals surface area contributed by atoms with Crippen molar-refractivity contribution >= 4 is 5.91 Å². The molecule has 0 spiro atoms. The van der Waals surface area contributed by atoms with Crippen molar-refractivity contribution in [3.8, 4) is 22.6 Å². The average Bonchev–Trinajstić information content (AvgIpc) is 2.70. The number of aromatic nitrogens is 2. The van der Waals surface area contributed by atoms with Crippen LogP contribution in [0.25, 0.3) is 11.1 Å². The van der Waals surface area contributed by atoms with Crippen LogP contribution in [0.4, 0.5) is 13.2 Å². The third kappa shape index (κ3) is 4.29. The molecule has 1 aliphatic rings. The first-order valence-electron chi connectivity index (χ1n) is 8.57. The number of amides is 1. The predicted octanol–water partition coefficient (Wildman–Crippen LogP) is 4.03. The number of hydrogen-bond donors (Lipinski definition) is 0. The Labute approximate surface area is 163 Å². The molecule has 1 aliphatic heterocycles. The number of hydrogen-bond acceptors (Lipinski definition) is 5. The van der Waals surface area contributed by atoms with Crippen molar-refractivity contribution in [2.24, 2.45) is 0 Å². The van der Waals surface area contributed by atoms with E-state index in [-0.39, 0.29) is 24.9 Å². The first-order valence-corrected chi connectivity index (χ1v) is 8.57. The van der Waals surface area contributed by atoms with Crippen molar-refractivity contribution < 1.29 is 27.4 Å². The van der Waals surface area contributed by atoms with Crippen LogP contribution in [0.3, 0.4) is 0 Å². The Morgan fingerprint density at radius 1 is 1.03 bits per heavy atom. The summed E-state index contributed by atoms with van der Waals surface area (Å²) in [6, 6.07) is 12.2. The van der Waals surface area contributed by atoms with E-state index in [1.54, 1.807) is 36.7 Å². The molecule has 6 nitrogen and oxygen atoms in total. The van der Waals surface area contributed by atoms with Gasteiger partial charge in [-0.05, 0) is 41.5 Å². The summed E-state index contributed by atoms with van der Waals surface area (Å²) in [5, 5.41) is 0. The Balaban J connectivity index is 1.56. The van der Waals surface area contributed by atoms with Crippen LogP contribution < -0.4 is 9.47 Å². The Morgan fingerprint density at radius 3 is 2.41 bits per heavy atom. The zero-order chi connectivity index (χ0) is 20.4. The zero-order valence-corrected chi connectivity index (χ0v) is 14.9. The number of carbonyl (C=O) groups is 1. The van der Waals surface area contributed by atoms with E-state index in [2.05, 4.69) is 14.7 Å². The highest BCUT2D eigenvalue weighted by atomic mass is 19.4. The predicted molar refractivity (Wildman–Crippen MR) is 96.0 cm³/mol. The number of carbonyl (C=O) groups excluding carboxylic acids is 1. The van der Waals surface area contributed by atoms with Gasteiger partial charge in [0.25, 0.3) is 5.91 Å². The van der Waals surface area contributed by atoms with E-state index in [1.807, 2.05) is 0 Å². The smallest absolute Gasteiger partial charge is 0.472 e. The summed E-state index contributed by atoms with van der Waals surface area (Å²) < 4.78 is 46.4. The maximum absolute atomic E-state index is 12.9. The number of ether oxygens (including phenoxy) is 2. The Bertz CT molecular complexity index is 1020. The summed E-state index contributed by atoms with van der Waals surface area (Å²) in [7, 11) is 0. The molecular weight excluding hydrogens is 387 g/mol. The molecule has 0 saturated carbocycles. The Kier molecular flexibility index (Phi) is 4.79. The minimum atomic E-state index is -4.75. The van der Waals surface area contributed by atoms with Gasteiger partial charge in [0.15, 0.2) is 6.73 Å². The van der Waals surface area contributed by atoms with Crippen LogP contribution in [0.5, 0.6) is 11.5 Å². The summed E-state index contributed by atoms with van der Waals surface area (Å²) in [6.45, 7) is 0.278. The fraction of sp³-hybridized carbons (Fsp3) is 0.150. The summed E-state index contributed by atoms with van der Waals surface area (Å²) in [5.41, 5.74) is 1.66. The number of alkyl halides is 3. The highest BCUT2D eigenvalue weighted by Gasteiger charge is 2.31. The molecule has 0 fully saturated rings. The lowest BCUT2D eigenvalue weighted by atomic mass is 10.0. The summed E-state index contributed by atoms with van der Waals surface area (Å²) in [4.78, 5) is 22.6. The van der Waals surface area contributed by atoms with Gasteiger partial charge in [0.05, 0.1) is 12.1 Å². The van der Waals surface area contributed by atoms with Crippen molar-refractivity contribution in [1.82, 2.24) is 14.9 Å². The molecule has 0 atom stereocenters. The van der Waals surface area contributed by atoms with E-state index in [4.69, 9.17) is 4.74 Å². The number of rotatable bonds is 4. The monoisotopic (exact) mass is 401 g/mol. The van der Waals surface area contributed by atoms with Gasteiger partial charge in [-0.1, -0.05) is 18.2 Å². The molecule has 0 N–H and O–H groups in total. The van der Waals surface area contributed by atoms with E-state index in [0.29, 0.717) is 28.3 Å². The minimum absolute atomic E-state index is 0.0763. The fourth-order valence-electron chi connectivity index (χ4n) is 2.93.